The van der Waals surface area contributed by atoms with Crippen LogP contribution >= 0.6 is 0 Å². The Hall–Kier alpha value is -4.32. The van der Waals surface area contributed by atoms with Gasteiger partial charge in [0.2, 0.25) is 5.91 Å². The van der Waals surface area contributed by atoms with E-state index in [2.05, 4.69) is 10.6 Å². The fraction of sp³-hybridized carbons (Fsp3) is 0.111. The highest BCUT2D eigenvalue weighted by molar-refractivity contribution is 6.13. The molecule has 4 rings (SSSR count). The first-order valence-corrected chi connectivity index (χ1v) is 10.5. The second-order valence-corrected chi connectivity index (χ2v) is 7.93. The summed E-state index contributed by atoms with van der Waals surface area (Å²) in [6.07, 6.45) is 0. The van der Waals surface area contributed by atoms with E-state index in [1.54, 1.807) is 42.5 Å². The molecular formula is C27H23N3O3. The third-order valence-corrected chi connectivity index (χ3v) is 5.24. The number of pyridine rings is 1. The van der Waals surface area contributed by atoms with Crippen molar-refractivity contribution in [2.45, 2.75) is 20.8 Å². The molecular weight excluding hydrogens is 414 g/mol. The standard InChI is InChI=1S/C27H23N3O3/c1-16-7-12-25-23(13-16)24(27(33)29-22-6-4-5-20(14-22)17(2)31)15-26(30-25)19-8-10-21(11-9-19)28-18(3)32/h4-15H,1-3H3,(H,28,32)(H,29,33). The molecule has 0 fully saturated rings. The van der Waals surface area contributed by atoms with Crippen LogP contribution in [-0.2, 0) is 4.79 Å². The number of carbonyl (C=O) groups is 3. The topological polar surface area (TPSA) is 88.2 Å². The number of hydrogen-bond acceptors (Lipinski definition) is 4. The maximum absolute atomic E-state index is 13.3. The number of aryl methyl sites for hydroxylation is 1. The molecule has 1 aromatic heterocycles. The summed E-state index contributed by atoms with van der Waals surface area (Å²) in [6, 6.07) is 21.7. The van der Waals surface area contributed by atoms with Crippen molar-refractivity contribution in [1.82, 2.24) is 4.98 Å². The highest BCUT2D eigenvalue weighted by Crippen LogP contribution is 2.27. The minimum absolute atomic E-state index is 0.0684. The number of rotatable bonds is 5. The lowest BCUT2D eigenvalue weighted by Gasteiger charge is -2.12. The van der Waals surface area contributed by atoms with Gasteiger partial charge in [-0.05, 0) is 56.3 Å². The maximum Gasteiger partial charge on any atom is 0.256 e. The minimum atomic E-state index is -0.287. The Labute approximate surface area is 191 Å². The van der Waals surface area contributed by atoms with Gasteiger partial charge in [0.1, 0.15) is 0 Å². The quantitative estimate of drug-likeness (QED) is 0.397. The summed E-state index contributed by atoms with van der Waals surface area (Å²) < 4.78 is 0. The van der Waals surface area contributed by atoms with Crippen LogP contribution < -0.4 is 10.6 Å². The number of amides is 2. The van der Waals surface area contributed by atoms with E-state index in [1.165, 1.54) is 13.8 Å². The Bertz CT molecular complexity index is 1390. The van der Waals surface area contributed by atoms with Gasteiger partial charge in [0.05, 0.1) is 16.8 Å². The summed E-state index contributed by atoms with van der Waals surface area (Å²) in [5.41, 5.74) is 5.43. The molecule has 164 valence electrons. The minimum Gasteiger partial charge on any atom is -0.326 e. The summed E-state index contributed by atoms with van der Waals surface area (Å²) in [5, 5.41) is 6.39. The second-order valence-electron chi connectivity index (χ2n) is 7.93. The number of Topliss-reactive ketones (excluding diaryl/α,β-unsaturated/α-hetero) is 1. The first-order chi connectivity index (χ1) is 15.8. The van der Waals surface area contributed by atoms with Gasteiger partial charge < -0.3 is 10.6 Å². The molecule has 0 atom stereocenters. The van der Waals surface area contributed by atoms with Crippen LogP contribution in [0.1, 0.15) is 40.1 Å². The summed E-state index contributed by atoms with van der Waals surface area (Å²) in [7, 11) is 0. The molecule has 33 heavy (non-hydrogen) atoms. The van der Waals surface area contributed by atoms with Crippen molar-refractivity contribution in [3.05, 3.63) is 89.5 Å². The van der Waals surface area contributed by atoms with Crippen molar-refractivity contribution in [1.29, 1.82) is 0 Å². The third-order valence-electron chi connectivity index (χ3n) is 5.24. The number of benzene rings is 3. The summed E-state index contributed by atoms with van der Waals surface area (Å²) in [4.78, 5) is 41.1. The number of ketones is 1. The first kappa shape index (κ1) is 21.9. The van der Waals surface area contributed by atoms with Crippen molar-refractivity contribution in [3.63, 3.8) is 0 Å². The van der Waals surface area contributed by atoms with Crippen LogP contribution in [0.15, 0.2) is 72.8 Å². The SMILES string of the molecule is CC(=O)Nc1ccc(-c2cc(C(=O)Nc3cccc(C(C)=O)c3)c3cc(C)ccc3n2)cc1. The molecule has 2 amide bonds. The lowest BCUT2D eigenvalue weighted by Crippen LogP contribution is -2.13. The first-order valence-electron chi connectivity index (χ1n) is 10.5. The van der Waals surface area contributed by atoms with Crippen molar-refractivity contribution in [2.75, 3.05) is 10.6 Å². The number of hydrogen-bond donors (Lipinski definition) is 2. The van der Waals surface area contributed by atoms with E-state index in [9.17, 15) is 14.4 Å². The average molecular weight is 437 g/mol. The smallest absolute Gasteiger partial charge is 0.256 e. The molecule has 0 saturated heterocycles. The van der Waals surface area contributed by atoms with E-state index < -0.39 is 0 Å². The number of aromatic nitrogens is 1. The van der Waals surface area contributed by atoms with Crippen molar-refractivity contribution in [3.8, 4) is 11.3 Å². The van der Waals surface area contributed by atoms with Crippen LogP contribution in [0.2, 0.25) is 0 Å². The molecule has 0 radical (unpaired) electrons. The molecule has 0 aliphatic rings. The molecule has 0 aliphatic carbocycles. The zero-order valence-corrected chi connectivity index (χ0v) is 18.6. The molecule has 0 aliphatic heterocycles. The van der Waals surface area contributed by atoms with Crippen LogP contribution in [0.25, 0.3) is 22.2 Å². The van der Waals surface area contributed by atoms with E-state index in [0.29, 0.717) is 33.7 Å². The molecule has 2 N–H and O–H groups in total. The monoisotopic (exact) mass is 437 g/mol. The fourth-order valence-corrected chi connectivity index (χ4v) is 3.62. The van der Waals surface area contributed by atoms with E-state index in [-0.39, 0.29) is 17.6 Å². The van der Waals surface area contributed by atoms with E-state index >= 15 is 0 Å². The van der Waals surface area contributed by atoms with E-state index in [1.807, 2.05) is 37.3 Å². The van der Waals surface area contributed by atoms with Crippen LogP contribution in [-0.4, -0.2) is 22.6 Å². The molecule has 6 nitrogen and oxygen atoms in total. The van der Waals surface area contributed by atoms with Crippen LogP contribution in [0.4, 0.5) is 11.4 Å². The lowest BCUT2D eigenvalue weighted by atomic mass is 10.0. The van der Waals surface area contributed by atoms with Crippen molar-refractivity contribution < 1.29 is 14.4 Å². The van der Waals surface area contributed by atoms with Gasteiger partial charge in [-0.1, -0.05) is 35.9 Å². The molecule has 4 aromatic rings. The Kier molecular flexibility index (Phi) is 6.00. The van der Waals surface area contributed by atoms with E-state index in [4.69, 9.17) is 4.98 Å². The predicted octanol–water partition coefficient (Wildman–Crippen LogP) is 5.62. The average Bonchev–Trinajstić information content (AvgIpc) is 2.78. The van der Waals surface area contributed by atoms with Crippen molar-refractivity contribution >= 4 is 39.9 Å². The zero-order chi connectivity index (χ0) is 23.5. The largest absolute Gasteiger partial charge is 0.326 e. The van der Waals surface area contributed by atoms with Gasteiger partial charge in [0, 0.05) is 34.8 Å². The van der Waals surface area contributed by atoms with E-state index in [0.717, 1.165) is 16.5 Å². The van der Waals surface area contributed by atoms with Crippen LogP contribution in [0.3, 0.4) is 0 Å². The van der Waals surface area contributed by atoms with Gasteiger partial charge in [-0.15, -0.1) is 0 Å². The Balaban J connectivity index is 1.75. The fourth-order valence-electron chi connectivity index (χ4n) is 3.62. The second kappa shape index (κ2) is 9.04. The van der Waals surface area contributed by atoms with Gasteiger partial charge in [-0.3, -0.25) is 14.4 Å². The normalized spacial score (nSPS) is 10.6. The van der Waals surface area contributed by atoms with Crippen molar-refractivity contribution in [2.24, 2.45) is 0 Å². The molecule has 0 bridgehead atoms. The number of carbonyl (C=O) groups excluding carboxylic acids is 3. The predicted molar refractivity (Wildman–Crippen MR) is 131 cm³/mol. The summed E-state index contributed by atoms with van der Waals surface area (Å²) in [5.74, 6) is -0.499. The maximum atomic E-state index is 13.3. The van der Waals surface area contributed by atoms with Gasteiger partial charge >= 0.3 is 0 Å². The Morgan fingerprint density at radius 1 is 0.788 bits per heavy atom. The highest BCUT2D eigenvalue weighted by atomic mass is 16.2. The number of nitrogens with zero attached hydrogens (tertiary/aromatic N) is 1. The highest BCUT2D eigenvalue weighted by Gasteiger charge is 2.15. The molecule has 1 heterocycles. The number of nitrogens with one attached hydrogen (secondary N) is 2. The van der Waals surface area contributed by atoms with Gasteiger partial charge in [-0.2, -0.15) is 0 Å². The summed E-state index contributed by atoms with van der Waals surface area (Å²) >= 11 is 0. The van der Waals surface area contributed by atoms with Crippen LogP contribution in [0.5, 0.6) is 0 Å². The lowest BCUT2D eigenvalue weighted by molar-refractivity contribution is -0.114. The van der Waals surface area contributed by atoms with Gasteiger partial charge in [0.15, 0.2) is 5.78 Å². The Morgan fingerprint density at radius 3 is 2.24 bits per heavy atom. The number of anilines is 2. The molecule has 0 unspecified atom stereocenters. The van der Waals surface area contributed by atoms with Crippen LogP contribution in [0, 0.1) is 6.92 Å². The van der Waals surface area contributed by atoms with Gasteiger partial charge in [0.25, 0.3) is 5.91 Å². The molecule has 0 spiro atoms. The molecule has 0 saturated carbocycles. The third kappa shape index (κ3) is 4.96. The zero-order valence-electron chi connectivity index (χ0n) is 18.6. The Morgan fingerprint density at radius 2 is 1.55 bits per heavy atom. The molecule has 3 aromatic carbocycles. The number of fused-ring (bicyclic) bond motifs is 1. The summed E-state index contributed by atoms with van der Waals surface area (Å²) in [6.45, 7) is 4.91. The molecule has 6 heteroatoms. The van der Waals surface area contributed by atoms with Gasteiger partial charge in [-0.25, -0.2) is 4.98 Å².